The quantitative estimate of drug-likeness (QED) is 0.834. The van der Waals surface area contributed by atoms with E-state index in [1.165, 1.54) is 45.2 Å². The Morgan fingerprint density at radius 3 is 2.72 bits per heavy atom. The Hall–Kier alpha value is -0.120. The van der Waals surface area contributed by atoms with Gasteiger partial charge in [-0.1, -0.05) is 19.3 Å². The molecule has 2 aliphatic heterocycles. The van der Waals surface area contributed by atoms with Gasteiger partial charge in [-0.05, 0) is 37.6 Å². The van der Waals surface area contributed by atoms with Crippen LogP contribution in [0, 0.1) is 17.3 Å². The molecular weight excluding hydrogens is 226 g/mol. The first-order valence-electron chi connectivity index (χ1n) is 7.72. The fraction of sp³-hybridized carbons (Fsp3) is 1.00. The van der Waals surface area contributed by atoms with Crippen LogP contribution in [-0.4, -0.2) is 49.5 Å². The van der Waals surface area contributed by atoms with Gasteiger partial charge in [0.05, 0.1) is 13.2 Å². The van der Waals surface area contributed by atoms with Gasteiger partial charge in [0.25, 0.3) is 0 Å². The molecule has 18 heavy (non-hydrogen) atoms. The van der Waals surface area contributed by atoms with E-state index in [9.17, 15) is 5.11 Å². The number of hydrogen-bond donors (Lipinski definition) is 1. The maximum absolute atomic E-state index is 9.67. The lowest BCUT2D eigenvalue weighted by atomic mass is 9.74. The van der Waals surface area contributed by atoms with Crippen molar-refractivity contribution in [2.24, 2.45) is 17.3 Å². The summed E-state index contributed by atoms with van der Waals surface area (Å²) < 4.78 is 5.51. The van der Waals surface area contributed by atoms with E-state index >= 15 is 0 Å². The summed E-state index contributed by atoms with van der Waals surface area (Å²) in [6.07, 6.45) is 8.20. The van der Waals surface area contributed by atoms with Gasteiger partial charge in [-0.3, -0.25) is 0 Å². The predicted octanol–water partition coefficient (Wildman–Crippen LogP) is 1.90. The first-order chi connectivity index (χ1) is 8.81. The summed E-state index contributed by atoms with van der Waals surface area (Å²) in [6, 6.07) is 0. The number of ether oxygens (including phenoxy) is 1. The molecule has 3 fully saturated rings. The molecule has 3 unspecified atom stereocenters. The molecule has 0 radical (unpaired) electrons. The van der Waals surface area contributed by atoms with Crippen LogP contribution in [0.3, 0.4) is 0 Å². The lowest BCUT2D eigenvalue weighted by Crippen LogP contribution is -2.48. The molecule has 2 heterocycles. The van der Waals surface area contributed by atoms with Crippen LogP contribution in [0.15, 0.2) is 0 Å². The van der Waals surface area contributed by atoms with Crippen molar-refractivity contribution in [2.45, 2.75) is 38.5 Å². The molecule has 0 aromatic heterocycles. The SMILES string of the molecule is OCC1(CN2CCC3CCCCC3C2)CCOC1. The first-order valence-corrected chi connectivity index (χ1v) is 7.72. The van der Waals surface area contributed by atoms with Crippen molar-refractivity contribution in [3.63, 3.8) is 0 Å². The van der Waals surface area contributed by atoms with E-state index in [0.29, 0.717) is 0 Å². The monoisotopic (exact) mass is 253 g/mol. The van der Waals surface area contributed by atoms with Gasteiger partial charge in [0.15, 0.2) is 0 Å². The smallest absolute Gasteiger partial charge is 0.0557 e. The van der Waals surface area contributed by atoms with Crippen molar-refractivity contribution in [1.82, 2.24) is 4.90 Å². The third-order valence-corrected chi connectivity index (χ3v) is 5.45. The average molecular weight is 253 g/mol. The fourth-order valence-electron chi connectivity index (χ4n) is 4.24. The molecule has 0 aromatic carbocycles. The van der Waals surface area contributed by atoms with Crippen LogP contribution in [0.25, 0.3) is 0 Å². The predicted molar refractivity (Wildman–Crippen MR) is 71.5 cm³/mol. The topological polar surface area (TPSA) is 32.7 Å². The van der Waals surface area contributed by atoms with Crippen LogP contribution >= 0.6 is 0 Å². The standard InChI is InChI=1S/C15H27NO2/c17-11-15(6-8-18-12-15)10-16-7-5-13-3-1-2-4-14(13)9-16/h13-14,17H,1-12H2. The Kier molecular flexibility index (Phi) is 3.92. The highest BCUT2D eigenvalue weighted by molar-refractivity contribution is 4.90. The van der Waals surface area contributed by atoms with Gasteiger partial charge >= 0.3 is 0 Å². The normalized spacial score (nSPS) is 41.8. The van der Waals surface area contributed by atoms with E-state index < -0.39 is 0 Å². The van der Waals surface area contributed by atoms with E-state index in [2.05, 4.69) is 4.90 Å². The molecule has 2 saturated heterocycles. The van der Waals surface area contributed by atoms with Gasteiger partial charge in [0, 0.05) is 25.1 Å². The molecule has 3 atom stereocenters. The van der Waals surface area contributed by atoms with Crippen molar-refractivity contribution >= 4 is 0 Å². The second-order valence-electron chi connectivity index (χ2n) is 6.79. The fourth-order valence-corrected chi connectivity index (χ4v) is 4.24. The van der Waals surface area contributed by atoms with Gasteiger partial charge in [-0.15, -0.1) is 0 Å². The Balaban J connectivity index is 1.57. The molecule has 1 aliphatic carbocycles. The van der Waals surface area contributed by atoms with E-state index in [0.717, 1.165) is 38.0 Å². The van der Waals surface area contributed by atoms with E-state index in [1.54, 1.807) is 0 Å². The van der Waals surface area contributed by atoms with Gasteiger partial charge in [0.2, 0.25) is 0 Å². The summed E-state index contributed by atoms with van der Waals surface area (Å²) in [5, 5.41) is 9.67. The van der Waals surface area contributed by atoms with Crippen molar-refractivity contribution in [3.05, 3.63) is 0 Å². The van der Waals surface area contributed by atoms with Crippen LogP contribution in [-0.2, 0) is 4.74 Å². The Bertz CT molecular complexity index is 276. The van der Waals surface area contributed by atoms with Gasteiger partial charge < -0.3 is 14.7 Å². The zero-order valence-electron chi connectivity index (χ0n) is 11.4. The van der Waals surface area contributed by atoms with Gasteiger partial charge in [-0.25, -0.2) is 0 Å². The number of aliphatic hydroxyl groups is 1. The summed E-state index contributed by atoms with van der Waals surface area (Å²) in [5.41, 5.74) is 0.0432. The lowest BCUT2D eigenvalue weighted by molar-refractivity contribution is 0.0196. The number of likely N-dealkylation sites (tertiary alicyclic amines) is 1. The minimum absolute atomic E-state index is 0.0432. The minimum atomic E-state index is 0.0432. The van der Waals surface area contributed by atoms with Crippen molar-refractivity contribution in [2.75, 3.05) is 39.5 Å². The van der Waals surface area contributed by atoms with Crippen LogP contribution in [0.5, 0.6) is 0 Å². The third-order valence-electron chi connectivity index (χ3n) is 5.45. The Morgan fingerprint density at radius 2 is 2.00 bits per heavy atom. The maximum Gasteiger partial charge on any atom is 0.0557 e. The lowest BCUT2D eigenvalue weighted by Gasteiger charge is -2.43. The molecule has 3 heteroatoms. The highest BCUT2D eigenvalue weighted by atomic mass is 16.5. The third kappa shape index (κ3) is 2.59. The molecule has 0 amide bonds. The molecule has 1 N–H and O–H groups in total. The summed E-state index contributed by atoms with van der Waals surface area (Å²) in [4.78, 5) is 2.61. The first kappa shape index (κ1) is 12.9. The van der Waals surface area contributed by atoms with E-state index in [-0.39, 0.29) is 12.0 Å². The highest BCUT2D eigenvalue weighted by Crippen LogP contribution is 2.38. The molecular formula is C15H27NO2. The molecule has 0 spiro atoms. The molecule has 0 bridgehead atoms. The van der Waals surface area contributed by atoms with Gasteiger partial charge in [0.1, 0.15) is 0 Å². The van der Waals surface area contributed by atoms with Gasteiger partial charge in [-0.2, -0.15) is 0 Å². The zero-order chi connectivity index (χ0) is 12.4. The Morgan fingerprint density at radius 1 is 1.17 bits per heavy atom. The van der Waals surface area contributed by atoms with E-state index in [4.69, 9.17) is 4.74 Å². The highest BCUT2D eigenvalue weighted by Gasteiger charge is 2.39. The Labute approximate surface area is 110 Å². The molecule has 3 rings (SSSR count). The minimum Gasteiger partial charge on any atom is -0.396 e. The molecule has 1 saturated carbocycles. The number of piperidine rings is 1. The zero-order valence-corrected chi connectivity index (χ0v) is 11.4. The van der Waals surface area contributed by atoms with Crippen molar-refractivity contribution in [3.8, 4) is 0 Å². The van der Waals surface area contributed by atoms with Crippen molar-refractivity contribution in [1.29, 1.82) is 0 Å². The summed E-state index contributed by atoms with van der Waals surface area (Å²) in [6.45, 7) is 5.44. The number of hydrogen-bond acceptors (Lipinski definition) is 3. The van der Waals surface area contributed by atoms with Crippen LogP contribution in [0.2, 0.25) is 0 Å². The number of nitrogens with zero attached hydrogens (tertiary/aromatic N) is 1. The van der Waals surface area contributed by atoms with Crippen molar-refractivity contribution < 1.29 is 9.84 Å². The van der Waals surface area contributed by atoms with Crippen LogP contribution < -0.4 is 0 Å². The van der Waals surface area contributed by atoms with Crippen LogP contribution in [0.4, 0.5) is 0 Å². The molecule has 3 aliphatic rings. The largest absolute Gasteiger partial charge is 0.396 e. The van der Waals surface area contributed by atoms with Crippen LogP contribution in [0.1, 0.15) is 38.5 Å². The second kappa shape index (κ2) is 5.48. The molecule has 3 nitrogen and oxygen atoms in total. The summed E-state index contributed by atoms with van der Waals surface area (Å²) in [5.74, 6) is 1.94. The average Bonchev–Trinajstić information content (AvgIpc) is 2.88. The molecule has 0 aromatic rings. The number of rotatable bonds is 3. The van der Waals surface area contributed by atoms with E-state index in [1.807, 2.05) is 0 Å². The summed E-state index contributed by atoms with van der Waals surface area (Å²) in [7, 11) is 0. The maximum atomic E-state index is 9.67. The summed E-state index contributed by atoms with van der Waals surface area (Å²) >= 11 is 0. The second-order valence-corrected chi connectivity index (χ2v) is 6.79. The number of fused-ring (bicyclic) bond motifs is 1. The molecule has 104 valence electrons. The number of aliphatic hydroxyl groups excluding tert-OH is 1.